The molecule has 2 amide bonds. The van der Waals surface area contributed by atoms with E-state index in [-0.39, 0.29) is 40.6 Å². The maximum atomic E-state index is 12.7. The molecule has 0 aliphatic carbocycles. The van der Waals surface area contributed by atoms with Crippen molar-refractivity contribution >= 4 is 33.6 Å². The van der Waals surface area contributed by atoms with Gasteiger partial charge in [0.05, 0.1) is 10.2 Å². The van der Waals surface area contributed by atoms with Crippen LogP contribution in [0.4, 0.5) is 31.1 Å². The van der Waals surface area contributed by atoms with Gasteiger partial charge in [-0.2, -0.15) is 18.2 Å². The Morgan fingerprint density at radius 2 is 1.81 bits per heavy atom. The Morgan fingerprint density at radius 3 is 2.35 bits per heavy atom. The van der Waals surface area contributed by atoms with Gasteiger partial charge in [0.25, 0.3) is 0 Å². The van der Waals surface area contributed by atoms with Crippen molar-refractivity contribution in [3.05, 3.63) is 23.0 Å². The largest absolute Gasteiger partial charge is 0.573 e. The molecule has 0 spiro atoms. The Labute approximate surface area is 174 Å². The standard InChI is InChI=1S/C17H15F6N3O4S/c18-16(19,20)13(27)24-14-26(8-9-3-5-25(6-4-9)15(28)29)11-2-1-10(7-12(11)31-14)30-17(21,22)23/h1-2,7,9H,3-6,8H2,(H,28,29). The lowest BCUT2D eigenvalue weighted by atomic mass is 9.97. The maximum Gasteiger partial charge on any atom is 0.573 e. The highest BCUT2D eigenvalue weighted by Gasteiger charge is 2.39. The monoisotopic (exact) mass is 471 g/mol. The Hall–Kier alpha value is -2.77. The highest BCUT2D eigenvalue weighted by atomic mass is 32.1. The number of alkyl halides is 6. The molecular weight excluding hydrogens is 456 g/mol. The van der Waals surface area contributed by atoms with Crippen LogP contribution in [0.2, 0.25) is 0 Å². The molecule has 3 rings (SSSR count). The molecule has 2 heterocycles. The van der Waals surface area contributed by atoms with Crippen molar-refractivity contribution in [2.24, 2.45) is 10.9 Å². The molecule has 1 aliphatic heterocycles. The number of benzene rings is 1. The number of aromatic nitrogens is 1. The number of thiazole rings is 1. The second kappa shape index (κ2) is 8.40. The number of hydrogen-bond acceptors (Lipinski definition) is 4. The number of fused-ring (bicyclic) bond motifs is 1. The lowest BCUT2D eigenvalue weighted by molar-refractivity contribution is -0.274. The Kier molecular flexibility index (Phi) is 6.21. The summed E-state index contributed by atoms with van der Waals surface area (Å²) in [5.74, 6) is -3.02. The average Bonchev–Trinajstić information content (AvgIpc) is 2.96. The average molecular weight is 471 g/mol. The zero-order valence-corrected chi connectivity index (χ0v) is 16.4. The van der Waals surface area contributed by atoms with Gasteiger partial charge < -0.3 is 19.3 Å². The van der Waals surface area contributed by atoms with Gasteiger partial charge in [-0.05, 0) is 37.0 Å². The first kappa shape index (κ1) is 22.9. The second-order valence-corrected chi connectivity index (χ2v) is 7.81. The van der Waals surface area contributed by atoms with E-state index in [1.165, 1.54) is 15.5 Å². The van der Waals surface area contributed by atoms with Crippen molar-refractivity contribution in [3.8, 4) is 5.75 Å². The van der Waals surface area contributed by atoms with E-state index in [4.69, 9.17) is 5.11 Å². The van der Waals surface area contributed by atoms with Gasteiger partial charge in [-0.1, -0.05) is 11.3 Å². The van der Waals surface area contributed by atoms with Crippen LogP contribution in [0.5, 0.6) is 5.75 Å². The molecule has 1 saturated heterocycles. The summed E-state index contributed by atoms with van der Waals surface area (Å²) in [5.41, 5.74) is 0.286. The van der Waals surface area contributed by atoms with Gasteiger partial charge >= 0.3 is 24.5 Å². The summed E-state index contributed by atoms with van der Waals surface area (Å²) in [5, 5.41) is 9.02. The zero-order valence-electron chi connectivity index (χ0n) is 15.5. The molecule has 0 saturated carbocycles. The Bertz CT molecular complexity index is 1050. The molecule has 14 heteroatoms. The summed E-state index contributed by atoms with van der Waals surface area (Å²) in [4.78, 5) is 26.4. The summed E-state index contributed by atoms with van der Waals surface area (Å²) >= 11 is 0.626. The van der Waals surface area contributed by atoms with Gasteiger partial charge in [-0.25, -0.2) is 4.79 Å². The van der Waals surface area contributed by atoms with Crippen LogP contribution in [-0.2, 0) is 11.3 Å². The van der Waals surface area contributed by atoms with Crippen LogP contribution in [0, 0.1) is 5.92 Å². The quantitative estimate of drug-likeness (QED) is 0.687. The molecule has 0 radical (unpaired) electrons. The minimum atomic E-state index is -5.20. The van der Waals surface area contributed by atoms with E-state index >= 15 is 0 Å². The second-order valence-electron chi connectivity index (χ2n) is 6.80. The molecule has 0 bridgehead atoms. The first-order chi connectivity index (χ1) is 14.3. The third-order valence-corrected chi connectivity index (χ3v) is 5.69. The molecule has 1 aliphatic rings. The highest BCUT2D eigenvalue weighted by molar-refractivity contribution is 7.16. The predicted octanol–water partition coefficient (Wildman–Crippen LogP) is 3.98. The van der Waals surface area contributed by atoms with Crippen LogP contribution in [0.1, 0.15) is 12.8 Å². The third-order valence-electron chi connectivity index (χ3n) is 4.65. The number of carbonyl (C=O) groups is 2. The predicted molar refractivity (Wildman–Crippen MR) is 95.4 cm³/mol. The third kappa shape index (κ3) is 5.68. The molecule has 1 aromatic heterocycles. The SMILES string of the molecule is O=C(O)N1CCC(Cn2c(=NC(=O)C(F)(F)F)sc3cc(OC(F)(F)F)ccc32)CC1. The fourth-order valence-corrected chi connectivity index (χ4v) is 4.29. The van der Waals surface area contributed by atoms with E-state index in [2.05, 4.69) is 9.73 Å². The molecule has 7 nitrogen and oxygen atoms in total. The van der Waals surface area contributed by atoms with Gasteiger partial charge in [-0.15, -0.1) is 13.2 Å². The topological polar surface area (TPSA) is 84.1 Å². The van der Waals surface area contributed by atoms with Crippen LogP contribution < -0.4 is 9.54 Å². The number of rotatable bonds is 3. The number of carbonyl (C=O) groups excluding carboxylic acids is 1. The lowest BCUT2D eigenvalue weighted by Gasteiger charge is -2.30. The van der Waals surface area contributed by atoms with E-state index in [1.54, 1.807) is 0 Å². The smallest absolute Gasteiger partial charge is 0.465 e. The molecule has 0 unspecified atom stereocenters. The van der Waals surface area contributed by atoms with Gasteiger partial charge in [0, 0.05) is 19.6 Å². The molecule has 1 fully saturated rings. The molecule has 1 N–H and O–H groups in total. The van der Waals surface area contributed by atoms with E-state index < -0.39 is 30.3 Å². The van der Waals surface area contributed by atoms with Gasteiger partial charge in [0.1, 0.15) is 5.75 Å². The normalized spacial score (nSPS) is 16.7. The van der Waals surface area contributed by atoms with Crippen LogP contribution >= 0.6 is 11.3 Å². The van der Waals surface area contributed by atoms with Crippen molar-refractivity contribution in [2.45, 2.75) is 31.9 Å². The van der Waals surface area contributed by atoms with Crippen LogP contribution in [0.3, 0.4) is 0 Å². The summed E-state index contributed by atoms with van der Waals surface area (Å²) in [6.45, 7) is 0.594. The molecule has 0 atom stereocenters. The van der Waals surface area contributed by atoms with E-state index in [9.17, 15) is 35.9 Å². The van der Waals surface area contributed by atoms with Crippen LogP contribution in [0.25, 0.3) is 10.2 Å². The van der Waals surface area contributed by atoms with Crippen molar-refractivity contribution in [1.82, 2.24) is 9.47 Å². The lowest BCUT2D eigenvalue weighted by Crippen LogP contribution is -2.39. The molecular formula is C17H15F6N3O4S. The number of hydrogen-bond donors (Lipinski definition) is 1. The number of piperidine rings is 1. The van der Waals surface area contributed by atoms with Crippen molar-refractivity contribution < 1.29 is 45.8 Å². The van der Waals surface area contributed by atoms with Crippen LogP contribution in [-0.4, -0.2) is 52.2 Å². The zero-order chi connectivity index (χ0) is 23.0. The first-order valence-electron chi connectivity index (χ1n) is 8.86. The number of likely N-dealkylation sites (tertiary alicyclic amines) is 1. The highest BCUT2D eigenvalue weighted by Crippen LogP contribution is 2.29. The minimum Gasteiger partial charge on any atom is -0.465 e. The van der Waals surface area contributed by atoms with Crippen molar-refractivity contribution in [3.63, 3.8) is 0 Å². The van der Waals surface area contributed by atoms with Crippen molar-refractivity contribution in [2.75, 3.05) is 13.1 Å². The number of halogens is 6. The number of ether oxygens (including phenoxy) is 1. The molecule has 31 heavy (non-hydrogen) atoms. The number of amides is 2. The summed E-state index contributed by atoms with van der Waals surface area (Å²) in [6, 6.07) is 3.27. The fraction of sp³-hybridized carbons (Fsp3) is 0.471. The molecule has 2 aromatic rings. The summed E-state index contributed by atoms with van der Waals surface area (Å²) < 4.78 is 80.8. The van der Waals surface area contributed by atoms with Gasteiger partial charge in [0.15, 0.2) is 4.80 Å². The van der Waals surface area contributed by atoms with Crippen LogP contribution in [0.15, 0.2) is 23.2 Å². The fourth-order valence-electron chi connectivity index (χ4n) is 3.23. The van der Waals surface area contributed by atoms with Gasteiger partial charge in [0.2, 0.25) is 0 Å². The first-order valence-corrected chi connectivity index (χ1v) is 9.68. The van der Waals surface area contributed by atoms with E-state index in [0.717, 1.165) is 12.1 Å². The van der Waals surface area contributed by atoms with E-state index in [1.807, 2.05) is 0 Å². The minimum absolute atomic E-state index is 0.122. The maximum absolute atomic E-state index is 12.7. The Morgan fingerprint density at radius 1 is 1.16 bits per heavy atom. The van der Waals surface area contributed by atoms with E-state index in [0.29, 0.717) is 24.2 Å². The van der Waals surface area contributed by atoms with Crippen molar-refractivity contribution in [1.29, 1.82) is 0 Å². The molecule has 1 aromatic carbocycles. The number of nitrogens with zero attached hydrogens (tertiary/aromatic N) is 3. The van der Waals surface area contributed by atoms with Gasteiger partial charge in [-0.3, -0.25) is 4.79 Å². The summed E-state index contributed by atoms with van der Waals surface area (Å²) in [7, 11) is 0. The Balaban J connectivity index is 1.98. The number of carboxylic acid groups (broad SMARTS) is 1. The molecule has 170 valence electrons. The summed E-state index contributed by atoms with van der Waals surface area (Å²) in [6.07, 6.45) is -10.4.